The van der Waals surface area contributed by atoms with Crippen molar-refractivity contribution in [2.24, 2.45) is 0 Å². The Morgan fingerprint density at radius 3 is 1.60 bits per heavy atom. The average Bonchev–Trinajstić information content (AvgIpc) is 3.11. The largest absolute Gasteiger partial charge is 0.494 e. The zero-order valence-corrected chi connectivity index (χ0v) is 29.0. The number of esters is 3. The van der Waals surface area contributed by atoms with E-state index in [1.54, 1.807) is 80.6 Å². The molecule has 1 atom stereocenters. The summed E-state index contributed by atoms with van der Waals surface area (Å²) in [6.07, 6.45) is 9.39. The Kier molecular flexibility index (Phi) is 16.6. The van der Waals surface area contributed by atoms with Crippen molar-refractivity contribution in [3.05, 3.63) is 109 Å². The van der Waals surface area contributed by atoms with E-state index in [2.05, 4.69) is 13.2 Å². The van der Waals surface area contributed by atoms with Crippen molar-refractivity contribution < 1.29 is 47.9 Å². The van der Waals surface area contributed by atoms with Crippen molar-refractivity contribution in [1.29, 1.82) is 0 Å². The minimum absolute atomic E-state index is 0.344. The van der Waals surface area contributed by atoms with Gasteiger partial charge in [0, 0.05) is 24.6 Å². The third kappa shape index (κ3) is 14.2. The number of aliphatic hydroxyl groups is 1. The highest BCUT2D eigenvalue weighted by molar-refractivity contribution is 5.91. The lowest BCUT2D eigenvalue weighted by molar-refractivity contribution is -0.138. The zero-order valence-electron chi connectivity index (χ0n) is 29.0. The number of hydrogen-bond acceptors (Lipinski definition) is 10. The second-order valence-electron chi connectivity index (χ2n) is 11.7. The van der Waals surface area contributed by atoms with E-state index in [0.717, 1.165) is 63.5 Å². The summed E-state index contributed by atoms with van der Waals surface area (Å²) in [5.74, 6) is -0.820. The van der Waals surface area contributed by atoms with E-state index < -0.39 is 23.7 Å². The van der Waals surface area contributed by atoms with Gasteiger partial charge in [0.2, 0.25) is 5.79 Å². The topological polar surface area (TPSA) is 127 Å². The lowest BCUT2D eigenvalue weighted by Crippen LogP contribution is -2.29. The average molecular weight is 689 g/mol. The van der Waals surface area contributed by atoms with Crippen LogP contribution >= 0.6 is 0 Å². The Morgan fingerprint density at radius 1 is 0.660 bits per heavy atom. The fourth-order valence-corrected chi connectivity index (χ4v) is 4.75. The molecule has 0 spiro atoms. The van der Waals surface area contributed by atoms with Gasteiger partial charge in [0.1, 0.15) is 23.0 Å². The van der Waals surface area contributed by atoms with Crippen LogP contribution in [0.15, 0.2) is 92.0 Å². The van der Waals surface area contributed by atoms with E-state index in [1.165, 1.54) is 0 Å². The standard InChI is InChI=1S/C40H48O10/c1-5-37(41)47-27-13-9-7-11-25-45-33-19-15-31(16-20-33)39(43)49-35-23-24-36(30(3)29-35)50-40(4,44)32-17-21-34(22-18-32)46-26-12-8-10-14-28-48-38(42)6-2/h5-6,15-24,29,44H,1-2,7-14,25-28H2,3-4H3. The Balaban J connectivity index is 1.39. The molecule has 0 saturated heterocycles. The van der Waals surface area contributed by atoms with Gasteiger partial charge in [-0.05, 0) is 131 Å². The van der Waals surface area contributed by atoms with E-state index in [0.29, 0.717) is 66.1 Å². The number of unbranched alkanes of at least 4 members (excludes halogenated alkanes) is 6. The van der Waals surface area contributed by atoms with Gasteiger partial charge in [0.25, 0.3) is 0 Å². The molecule has 0 aliphatic heterocycles. The van der Waals surface area contributed by atoms with Gasteiger partial charge < -0.3 is 33.5 Å². The molecule has 0 aromatic heterocycles. The van der Waals surface area contributed by atoms with Crippen LogP contribution in [0.5, 0.6) is 23.0 Å². The molecule has 0 heterocycles. The summed E-state index contributed by atoms with van der Waals surface area (Å²) < 4.78 is 33.0. The number of rotatable bonds is 23. The van der Waals surface area contributed by atoms with Crippen molar-refractivity contribution in [2.75, 3.05) is 26.4 Å². The smallest absolute Gasteiger partial charge is 0.343 e. The van der Waals surface area contributed by atoms with Gasteiger partial charge in [-0.25, -0.2) is 14.4 Å². The molecule has 0 aliphatic carbocycles. The molecule has 3 aromatic carbocycles. The maximum Gasteiger partial charge on any atom is 0.343 e. The monoisotopic (exact) mass is 688 g/mol. The van der Waals surface area contributed by atoms with Gasteiger partial charge in [0.15, 0.2) is 0 Å². The minimum atomic E-state index is -1.62. The Labute approximate surface area is 294 Å². The molecule has 3 aromatic rings. The molecule has 10 heteroatoms. The highest BCUT2D eigenvalue weighted by Gasteiger charge is 2.26. The van der Waals surface area contributed by atoms with Gasteiger partial charge in [-0.3, -0.25) is 0 Å². The van der Waals surface area contributed by atoms with E-state index in [9.17, 15) is 19.5 Å². The minimum Gasteiger partial charge on any atom is -0.494 e. The van der Waals surface area contributed by atoms with Crippen LogP contribution < -0.4 is 18.9 Å². The molecule has 1 N–H and O–H groups in total. The van der Waals surface area contributed by atoms with Gasteiger partial charge in [-0.2, -0.15) is 0 Å². The van der Waals surface area contributed by atoms with Crippen LogP contribution in [0.3, 0.4) is 0 Å². The highest BCUT2D eigenvalue weighted by atomic mass is 16.6. The lowest BCUT2D eigenvalue weighted by Gasteiger charge is -2.26. The lowest BCUT2D eigenvalue weighted by atomic mass is 10.1. The Bertz CT molecular complexity index is 1530. The summed E-state index contributed by atoms with van der Waals surface area (Å²) in [6.45, 7) is 12.0. The molecule has 1 unspecified atom stereocenters. The van der Waals surface area contributed by atoms with Crippen molar-refractivity contribution in [2.45, 2.75) is 71.0 Å². The van der Waals surface area contributed by atoms with Crippen LogP contribution in [-0.2, 0) is 24.8 Å². The van der Waals surface area contributed by atoms with Crippen LogP contribution in [0, 0.1) is 6.92 Å². The predicted octanol–water partition coefficient (Wildman–Crippen LogP) is 7.80. The first-order valence-electron chi connectivity index (χ1n) is 16.9. The molecule has 0 amide bonds. The van der Waals surface area contributed by atoms with E-state index in [-0.39, 0.29) is 0 Å². The molecule has 0 fully saturated rings. The highest BCUT2D eigenvalue weighted by Crippen LogP contribution is 2.31. The number of benzene rings is 3. The molecule has 0 bridgehead atoms. The van der Waals surface area contributed by atoms with Crippen LogP contribution in [-0.4, -0.2) is 49.4 Å². The molecule has 0 saturated carbocycles. The third-order valence-corrected chi connectivity index (χ3v) is 7.58. The first-order chi connectivity index (χ1) is 24.1. The first kappa shape index (κ1) is 39.3. The molecular formula is C40H48O10. The second-order valence-corrected chi connectivity index (χ2v) is 11.7. The van der Waals surface area contributed by atoms with E-state index in [1.807, 2.05) is 0 Å². The summed E-state index contributed by atoms with van der Waals surface area (Å²) in [6, 6.07) is 18.8. The summed E-state index contributed by atoms with van der Waals surface area (Å²) in [5.41, 5.74) is 1.60. The quantitative estimate of drug-likeness (QED) is 0.0347. The van der Waals surface area contributed by atoms with Gasteiger partial charge in [-0.1, -0.05) is 13.2 Å². The van der Waals surface area contributed by atoms with E-state index >= 15 is 0 Å². The maximum atomic E-state index is 12.8. The third-order valence-electron chi connectivity index (χ3n) is 7.58. The SMILES string of the molecule is C=CC(=O)OCCCCCCOc1ccc(C(=O)Oc2ccc(OC(C)(O)c3ccc(OCCCCCCOC(=O)C=C)cc3)c(C)c2)cc1. The summed E-state index contributed by atoms with van der Waals surface area (Å²) in [4.78, 5) is 34.8. The number of aryl methyl sites for hydroxylation is 1. The Morgan fingerprint density at radius 2 is 1.12 bits per heavy atom. The molecule has 0 aliphatic rings. The summed E-state index contributed by atoms with van der Waals surface area (Å²) >= 11 is 0. The molecule has 50 heavy (non-hydrogen) atoms. The molecule has 0 radical (unpaired) electrons. The van der Waals surface area contributed by atoms with Crippen molar-refractivity contribution in [3.63, 3.8) is 0 Å². The number of carbonyl (C=O) groups is 3. The van der Waals surface area contributed by atoms with Gasteiger partial charge in [0.05, 0.1) is 32.0 Å². The molecule has 10 nitrogen and oxygen atoms in total. The zero-order chi connectivity index (χ0) is 36.2. The first-order valence-corrected chi connectivity index (χ1v) is 16.9. The molecule has 3 rings (SSSR count). The van der Waals surface area contributed by atoms with Crippen LogP contribution in [0.4, 0.5) is 0 Å². The van der Waals surface area contributed by atoms with Crippen molar-refractivity contribution in [3.8, 4) is 23.0 Å². The molecular weight excluding hydrogens is 640 g/mol. The van der Waals surface area contributed by atoms with Gasteiger partial charge >= 0.3 is 17.9 Å². The van der Waals surface area contributed by atoms with Crippen LogP contribution in [0.25, 0.3) is 0 Å². The number of carbonyl (C=O) groups excluding carboxylic acids is 3. The second kappa shape index (κ2) is 21.1. The van der Waals surface area contributed by atoms with E-state index in [4.69, 9.17) is 28.4 Å². The summed E-state index contributed by atoms with van der Waals surface area (Å²) in [7, 11) is 0. The maximum absolute atomic E-state index is 12.8. The predicted molar refractivity (Wildman–Crippen MR) is 189 cm³/mol. The van der Waals surface area contributed by atoms with Crippen molar-refractivity contribution in [1.82, 2.24) is 0 Å². The number of hydrogen-bond donors (Lipinski definition) is 1. The van der Waals surface area contributed by atoms with Crippen molar-refractivity contribution >= 4 is 17.9 Å². The fourth-order valence-electron chi connectivity index (χ4n) is 4.75. The van der Waals surface area contributed by atoms with Gasteiger partial charge in [-0.15, -0.1) is 0 Å². The fraction of sp³-hybridized carbons (Fsp3) is 0.375. The van der Waals surface area contributed by atoms with Crippen LogP contribution in [0.2, 0.25) is 0 Å². The number of ether oxygens (including phenoxy) is 6. The molecule has 268 valence electrons. The Hall–Kier alpha value is -5.09. The summed E-state index contributed by atoms with van der Waals surface area (Å²) in [5, 5.41) is 11.1. The normalized spacial score (nSPS) is 11.8. The van der Waals surface area contributed by atoms with Crippen LogP contribution in [0.1, 0.15) is 79.8 Å².